The highest BCUT2D eigenvalue weighted by molar-refractivity contribution is 5.94. The van der Waals surface area contributed by atoms with E-state index in [0.717, 1.165) is 12.8 Å². The summed E-state index contributed by atoms with van der Waals surface area (Å²) in [6.45, 7) is 3.36. The Kier molecular flexibility index (Phi) is 8.53. The summed E-state index contributed by atoms with van der Waals surface area (Å²) in [6, 6.07) is 8.14. The molecule has 32 heavy (non-hydrogen) atoms. The summed E-state index contributed by atoms with van der Waals surface area (Å²) in [7, 11) is 0. The summed E-state index contributed by atoms with van der Waals surface area (Å²) in [5, 5.41) is 2.65. The Labute approximate surface area is 187 Å². The second-order valence-electron chi connectivity index (χ2n) is 7.53. The van der Waals surface area contributed by atoms with Crippen LogP contribution in [-0.4, -0.2) is 54.1 Å². The van der Waals surface area contributed by atoms with E-state index < -0.39 is 11.9 Å². The van der Waals surface area contributed by atoms with Gasteiger partial charge in [0.15, 0.2) is 6.61 Å². The molecule has 0 aliphatic carbocycles. The molecule has 1 N–H and O–H groups in total. The molecule has 0 atom stereocenters. The van der Waals surface area contributed by atoms with Gasteiger partial charge in [-0.3, -0.25) is 9.59 Å². The molecule has 1 amide bonds. The van der Waals surface area contributed by atoms with E-state index in [0.29, 0.717) is 49.7 Å². The third-order valence-electron chi connectivity index (χ3n) is 5.14. The van der Waals surface area contributed by atoms with Gasteiger partial charge in [0.1, 0.15) is 0 Å². The van der Waals surface area contributed by atoms with Crippen molar-refractivity contribution in [3.8, 4) is 0 Å². The predicted octanol–water partition coefficient (Wildman–Crippen LogP) is 2.83. The van der Waals surface area contributed by atoms with E-state index >= 15 is 0 Å². The summed E-state index contributed by atoms with van der Waals surface area (Å²) in [6.07, 6.45) is 6.38. The summed E-state index contributed by atoms with van der Waals surface area (Å²) in [5.41, 5.74) is 0.921. The van der Waals surface area contributed by atoms with Gasteiger partial charge >= 0.3 is 11.9 Å². The first-order chi connectivity index (χ1) is 15.6. The SMILES string of the molecule is CCCCOC(=O)c1ccc(NC(=O)COC(=O)C2CCN(c3ncccn3)CC2)cc1. The Hall–Kier alpha value is -3.49. The van der Waals surface area contributed by atoms with E-state index in [9.17, 15) is 14.4 Å². The van der Waals surface area contributed by atoms with Crippen molar-refractivity contribution in [2.45, 2.75) is 32.6 Å². The molecule has 1 saturated heterocycles. The van der Waals surface area contributed by atoms with Gasteiger partial charge in [0.05, 0.1) is 18.1 Å². The molecule has 2 aromatic rings. The van der Waals surface area contributed by atoms with E-state index in [-0.39, 0.29) is 18.5 Å². The fraction of sp³-hybridized carbons (Fsp3) is 0.435. The van der Waals surface area contributed by atoms with Crippen LogP contribution in [0, 0.1) is 5.92 Å². The third kappa shape index (κ3) is 6.76. The highest BCUT2D eigenvalue weighted by Gasteiger charge is 2.27. The largest absolute Gasteiger partial charge is 0.462 e. The van der Waals surface area contributed by atoms with E-state index in [2.05, 4.69) is 15.3 Å². The monoisotopic (exact) mass is 440 g/mol. The van der Waals surface area contributed by atoms with E-state index in [1.54, 1.807) is 42.7 Å². The minimum Gasteiger partial charge on any atom is -0.462 e. The number of piperidine rings is 1. The fourth-order valence-electron chi connectivity index (χ4n) is 3.30. The van der Waals surface area contributed by atoms with Crippen LogP contribution in [0.3, 0.4) is 0 Å². The van der Waals surface area contributed by atoms with Crippen LogP contribution in [0.1, 0.15) is 43.0 Å². The van der Waals surface area contributed by atoms with Gasteiger partial charge in [-0.1, -0.05) is 13.3 Å². The predicted molar refractivity (Wildman–Crippen MR) is 118 cm³/mol. The number of rotatable bonds is 9. The molecule has 9 heteroatoms. The van der Waals surface area contributed by atoms with Crippen LogP contribution in [0.2, 0.25) is 0 Å². The Bertz CT molecular complexity index is 896. The molecule has 1 aromatic carbocycles. The molecule has 1 fully saturated rings. The van der Waals surface area contributed by atoms with Crippen molar-refractivity contribution >= 4 is 29.5 Å². The lowest BCUT2D eigenvalue weighted by molar-refractivity contribution is -0.152. The summed E-state index contributed by atoms with van der Waals surface area (Å²) in [4.78, 5) is 46.8. The maximum atomic E-state index is 12.3. The number of nitrogens with one attached hydrogen (secondary N) is 1. The highest BCUT2D eigenvalue weighted by atomic mass is 16.5. The van der Waals surface area contributed by atoms with Gasteiger partial charge in [-0.2, -0.15) is 0 Å². The van der Waals surface area contributed by atoms with Gasteiger partial charge in [-0.25, -0.2) is 14.8 Å². The number of carbonyl (C=O) groups excluding carboxylic acids is 3. The van der Waals surface area contributed by atoms with E-state index in [1.807, 2.05) is 11.8 Å². The van der Waals surface area contributed by atoms with Gasteiger partial charge < -0.3 is 19.7 Å². The molecule has 0 radical (unpaired) electrons. The fourth-order valence-corrected chi connectivity index (χ4v) is 3.30. The topological polar surface area (TPSA) is 111 Å². The molecule has 3 rings (SSSR count). The zero-order chi connectivity index (χ0) is 22.8. The van der Waals surface area contributed by atoms with Crippen LogP contribution in [0.4, 0.5) is 11.6 Å². The maximum absolute atomic E-state index is 12.3. The number of ether oxygens (including phenoxy) is 2. The summed E-state index contributed by atoms with van der Waals surface area (Å²) in [5.74, 6) is -0.805. The van der Waals surface area contributed by atoms with E-state index in [1.165, 1.54) is 0 Å². The number of unbranched alkanes of at least 4 members (excludes halogenated alkanes) is 1. The number of nitrogens with zero attached hydrogens (tertiary/aromatic N) is 3. The van der Waals surface area contributed by atoms with Crippen LogP contribution >= 0.6 is 0 Å². The molecule has 1 aliphatic rings. The molecule has 0 bridgehead atoms. The second kappa shape index (κ2) is 11.8. The van der Waals surface area contributed by atoms with Crippen LogP contribution in [0.5, 0.6) is 0 Å². The van der Waals surface area contributed by atoms with Gasteiger partial charge in [-0.05, 0) is 49.6 Å². The van der Waals surface area contributed by atoms with Gasteiger partial charge in [-0.15, -0.1) is 0 Å². The first kappa shape index (κ1) is 23.2. The smallest absolute Gasteiger partial charge is 0.338 e. The minimum absolute atomic E-state index is 0.249. The Morgan fingerprint density at radius 3 is 2.41 bits per heavy atom. The zero-order valence-electron chi connectivity index (χ0n) is 18.2. The van der Waals surface area contributed by atoms with Gasteiger partial charge in [0.2, 0.25) is 5.95 Å². The molecule has 0 saturated carbocycles. The molecular formula is C23H28N4O5. The highest BCUT2D eigenvalue weighted by Crippen LogP contribution is 2.21. The molecule has 1 aromatic heterocycles. The molecular weight excluding hydrogens is 412 g/mol. The molecule has 1 aliphatic heterocycles. The maximum Gasteiger partial charge on any atom is 0.338 e. The average Bonchev–Trinajstić information content (AvgIpc) is 2.84. The van der Waals surface area contributed by atoms with Crippen LogP contribution in [-0.2, 0) is 19.1 Å². The number of hydrogen-bond donors (Lipinski definition) is 1. The number of esters is 2. The molecule has 0 spiro atoms. The number of anilines is 2. The van der Waals surface area contributed by atoms with Gasteiger partial charge in [0, 0.05) is 31.2 Å². The van der Waals surface area contributed by atoms with Crippen LogP contribution in [0.15, 0.2) is 42.7 Å². The number of carbonyl (C=O) groups is 3. The number of hydrogen-bond acceptors (Lipinski definition) is 8. The average molecular weight is 441 g/mol. The van der Waals surface area contributed by atoms with Gasteiger partial charge in [0.25, 0.3) is 5.91 Å². The Morgan fingerprint density at radius 1 is 1.06 bits per heavy atom. The van der Waals surface area contributed by atoms with Crippen molar-refractivity contribution in [3.05, 3.63) is 48.3 Å². The van der Waals surface area contributed by atoms with Crippen LogP contribution in [0.25, 0.3) is 0 Å². The molecule has 9 nitrogen and oxygen atoms in total. The molecule has 0 unspecified atom stereocenters. The van der Waals surface area contributed by atoms with Crippen LogP contribution < -0.4 is 10.2 Å². The van der Waals surface area contributed by atoms with Crippen molar-refractivity contribution in [2.75, 3.05) is 36.5 Å². The lowest BCUT2D eigenvalue weighted by Gasteiger charge is -2.30. The van der Waals surface area contributed by atoms with Crippen molar-refractivity contribution < 1.29 is 23.9 Å². The third-order valence-corrected chi connectivity index (χ3v) is 5.14. The molecule has 170 valence electrons. The lowest BCUT2D eigenvalue weighted by Crippen LogP contribution is -2.38. The van der Waals surface area contributed by atoms with Crippen molar-refractivity contribution in [1.82, 2.24) is 9.97 Å². The number of amides is 1. The summed E-state index contributed by atoms with van der Waals surface area (Å²) < 4.78 is 10.3. The Morgan fingerprint density at radius 2 is 1.75 bits per heavy atom. The lowest BCUT2D eigenvalue weighted by atomic mass is 9.97. The second-order valence-corrected chi connectivity index (χ2v) is 7.53. The first-order valence-corrected chi connectivity index (χ1v) is 10.8. The molecule has 2 heterocycles. The quantitative estimate of drug-likeness (QED) is 0.468. The van der Waals surface area contributed by atoms with Crippen molar-refractivity contribution in [1.29, 1.82) is 0 Å². The van der Waals surface area contributed by atoms with Crippen molar-refractivity contribution in [2.24, 2.45) is 5.92 Å². The van der Waals surface area contributed by atoms with Crippen molar-refractivity contribution in [3.63, 3.8) is 0 Å². The first-order valence-electron chi connectivity index (χ1n) is 10.8. The number of aromatic nitrogens is 2. The Balaban J connectivity index is 1.38. The van der Waals surface area contributed by atoms with E-state index in [4.69, 9.17) is 9.47 Å². The standard InChI is InChI=1S/C23H28N4O5/c1-2-3-15-31-21(29)17-5-7-19(8-6-17)26-20(28)16-32-22(30)18-9-13-27(14-10-18)23-24-11-4-12-25-23/h4-8,11-12,18H,2-3,9-10,13-16H2,1H3,(H,26,28). The normalized spacial score (nSPS) is 14.0. The minimum atomic E-state index is -0.438. The summed E-state index contributed by atoms with van der Waals surface area (Å²) >= 11 is 0. The zero-order valence-corrected chi connectivity index (χ0v) is 18.2. The number of benzene rings is 1.